The number of hydrogen-bond acceptors (Lipinski definition) is 6. The van der Waals surface area contributed by atoms with E-state index in [9.17, 15) is 13.2 Å². The fourth-order valence-corrected chi connectivity index (χ4v) is 3.30. The molecule has 0 aliphatic heterocycles. The van der Waals surface area contributed by atoms with Crippen molar-refractivity contribution in [1.82, 2.24) is 10.2 Å². The molecule has 3 rings (SSSR count). The first-order chi connectivity index (χ1) is 14.6. The molecule has 0 radical (unpaired) electrons. The van der Waals surface area contributed by atoms with Crippen LogP contribution >= 0.6 is 0 Å². The smallest absolute Gasteiger partial charge is 0.386 e. The number of aryl methyl sites for hydroxylation is 1. The fourth-order valence-electron chi connectivity index (χ4n) is 3.30. The van der Waals surface area contributed by atoms with Gasteiger partial charge in [-0.1, -0.05) is 12.1 Å². The molecule has 2 atom stereocenters. The van der Waals surface area contributed by atoms with Gasteiger partial charge >= 0.3 is 6.18 Å². The number of benzene rings is 2. The van der Waals surface area contributed by atoms with Gasteiger partial charge in [0.05, 0.1) is 34.7 Å². The molecule has 0 bridgehead atoms. The molecular weight excluding hydrogens is 405 g/mol. The zero-order valence-corrected chi connectivity index (χ0v) is 17.6. The minimum atomic E-state index is -4.41. The van der Waals surface area contributed by atoms with Crippen LogP contribution in [0.3, 0.4) is 0 Å². The molecule has 0 fully saturated rings. The molecule has 1 unspecified atom stereocenters. The van der Waals surface area contributed by atoms with Crippen LogP contribution in [0.1, 0.15) is 36.7 Å². The molecule has 1 heterocycles. The number of hydrogen-bond donors (Lipinski definition) is 3. The third-order valence-corrected chi connectivity index (χ3v) is 5.00. The lowest BCUT2D eigenvalue weighted by Gasteiger charge is -2.20. The van der Waals surface area contributed by atoms with Crippen LogP contribution in [-0.4, -0.2) is 23.3 Å². The van der Waals surface area contributed by atoms with Crippen molar-refractivity contribution in [1.29, 1.82) is 5.26 Å². The predicted molar refractivity (Wildman–Crippen MR) is 116 cm³/mol. The largest absolute Gasteiger partial charge is 0.416 e. The fraction of sp³-hybridized carbons (Fsp3) is 0.318. The van der Waals surface area contributed by atoms with Gasteiger partial charge in [-0.05, 0) is 50.6 Å². The summed E-state index contributed by atoms with van der Waals surface area (Å²) in [5, 5.41) is 28.6. The number of rotatable bonds is 6. The molecule has 6 nitrogen and oxygen atoms in total. The lowest BCUT2D eigenvalue weighted by Crippen LogP contribution is -2.14. The van der Waals surface area contributed by atoms with E-state index < -0.39 is 23.8 Å². The van der Waals surface area contributed by atoms with E-state index in [1.54, 1.807) is 27.0 Å². The number of nitrogens with one attached hydrogen (secondary N) is 3. The van der Waals surface area contributed by atoms with Gasteiger partial charge in [-0.25, -0.2) is 0 Å². The van der Waals surface area contributed by atoms with Crippen LogP contribution in [0.2, 0.25) is 0 Å². The third-order valence-electron chi connectivity index (χ3n) is 5.00. The molecule has 0 aliphatic rings. The summed E-state index contributed by atoms with van der Waals surface area (Å²) >= 11 is 0. The first kappa shape index (κ1) is 22.2. The number of nitriles is 1. The zero-order valence-electron chi connectivity index (χ0n) is 17.6. The van der Waals surface area contributed by atoms with Crippen LogP contribution in [0, 0.1) is 18.3 Å². The Morgan fingerprint density at radius 2 is 1.71 bits per heavy atom. The molecule has 0 spiro atoms. The van der Waals surface area contributed by atoms with Gasteiger partial charge in [-0.3, -0.25) is 0 Å². The standard InChI is InChI=1S/C22H23F3N6/c1-12(11-26)28-20-10-18-17(9-19(20)27-4)14(3)30-31-21(18)29-13(2)15-6-5-7-16(8-15)22(23,24)25/h5-10,12-13,27-28H,1-4H3,(H,29,31)/t12?,13-/m1/s1. The summed E-state index contributed by atoms with van der Waals surface area (Å²) in [6, 6.07) is 10.2. The van der Waals surface area contributed by atoms with Crippen molar-refractivity contribution in [2.24, 2.45) is 0 Å². The summed E-state index contributed by atoms with van der Waals surface area (Å²) in [4.78, 5) is 0. The van der Waals surface area contributed by atoms with E-state index in [0.29, 0.717) is 22.8 Å². The Labute approximate surface area is 178 Å². The maximum atomic E-state index is 13.1. The van der Waals surface area contributed by atoms with Crippen LogP contribution < -0.4 is 16.0 Å². The summed E-state index contributed by atoms with van der Waals surface area (Å²) in [6.07, 6.45) is -4.41. The predicted octanol–water partition coefficient (Wildman–Crippen LogP) is 5.50. The van der Waals surface area contributed by atoms with E-state index in [4.69, 9.17) is 5.26 Å². The SMILES string of the molecule is CNc1cc2c(C)nnc(N[C@H](C)c3cccc(C(F)(F)F)c3)c2cc1NC(C)C#N. The highest BCUT2D eigenvalue weighted by molar-refractivity contribution is 5.99. The van der Waals surface area contributed by atoms with E-state index in [-0.39, 0.29) is 0 Å². The Morgan fingerprint density at radius 1 is 1.00 bits per heavy atom. The highest BCUT2D eigenvalue weighted by atomic mass is 19.4. The maximum Gasteiger partial charge on any atom is 0.416 e. The van der Waals surface area contributed by atoms with Gasteiger partial charge in [0, 0.05) is 17.8 Å². The monoisotopic (exact) mass is 428 g/mol. The first-order valence-electron chi connectivity index (χ1n) is 9.72. The Balaban J connectivity index is 2.03. The number of halogens is 3. The molecule has 0 saturated heterocycles. The molecule has 9 heteroatoms. The average molecular weight is 428 g/mol. The number of alkyl halides is 3. The summed E-state index contributed by atoms with van der Waals surface area (Å²) in [5.41, 5.74) is 2.00. The molecule has 1 aromatic heterocycles. The molecule has 0 saturated carbocycles. The second-order valence-corrected chi connectivity index (χ2v) is 7.31. The molecule has 3 N–H and O–H groups in total. The average Bonchev–Trinajstić information content (AvgIpc) is 2.74. The van der Waals surface area contributed by atoms with Gasteiger partial charge in [0.15, 0.2) is 5.82 Å². The minimum absolute atomic E-state index is 0.416. The Morgan fingerprint density at radius 3 is 2.35 bits per heavy atom. The number of nitrogens with zero attached hydrogens (tertiary/aromatic N) is 3. The van der Waals surface area contributed by atoms with Crippen LogP contribution in [0.25, 0.3) is 10.8 Å². The highest BCUT2D eigenvalue weighted by Crippen LogP contribution is 2.35. The number of anilines is 3. The van der Waals surface area contributed by atoms with Crippen molar-refractivity contribution in [2.75, 3.05) is 23.0 Å². The lowest BCUT2D eigenvalue weighted by atomic mass is 10.0. The van der Waals surface area contributed by atoms with Crippen molar-refractivity contribution in [3.05, 3.63) is 53.2 Å². The van der Waals surface area contributed by atoms with E-state index >= 15 is 0 Å². The van der Waals surface area contributed by atoms with E-state index in [1.807, 2.05) is 19.1 Å². The van der Waals surface area contributed by atoms with Crippen molar-refractivity contribution < 1.29 is 13.2 Å². The normalized spacial score (nSPS) is 13.4. The molecule has 0 amide bonds. The first-order valence-corrected chi connectivity index (χ1v) is 9.72. The molecule has 0 aliphatic carbocycles. The molecular formula is C22H23F3N6. The second-order valence-electron chi connectivity index (χ2n) is 7.31. The molecule has 2 aromatic carbocycles. The van der Waals surface area contributed by atoms with Crippen LogP contribution in [0.15, 0.2) is 36.4 Å². The summed E-state index contributed by atoms with van der Waals surface area (Å²) in [6.45, 7) is 5.34. The summed E-state index contributed by atoms with van der Waals surface area (Å²) in [5.74, 6) is 0.445. The van der Waals surface area contributed by atoms with Crippen molar-refractivity contribution >= 4 is 28.0 Å². The Kier molecular flexibility index (Phi) is 6.20. The molecule has 31 heavy (non-hydrogen) atoms. The topological polar surface area (TPSA) is 85.7 Å². The highest BCUT2D eigenvalue weighted by Gasteiger charge is 2.30. The van der Waals surface area contributed by atoms with Gasteiger partial charge in [0.25, 0.3) is 0 Å². The van der Waals surface area contributed by atoms with Gasteiger partial charge < -0.3 is 16.0 Å². The second kappa shape index (κ2) is 8.68. The number of aromatic nitrogens is 2. The lowest BCUT2D eigenvalue weighted by molar-refractivity contribution is -0.137. The van der Waals surface area contributed by atoms with Crippen LogP contribution in [-0.2, 0) is 6.18 Å². The van der Waals surface area contributed by atoms with Gasteiger partial charge in [-0.15, -0.1) is 5.10 Å². The van der Waals surface area contributed by atoms with Gasteiger partial charge in [-0.2, -0.15) is 23.5 Å². The van der Waals surface area contributed by atoms with E-state index in [0.717, 1.165) is 28.6 Å². The van der Waals surface area contributed by atoms with Crippen molar-refractivity contribution in [2.45, 2.75) is 39.0 Å². The Hall–Kier alpha value is -3.54. The quantitative estimate of drug-likeness (QED) is 0.481. The number of fused-ring (bicyclic) bond motifs is 1. The molecule has 3 aromatic rings. The van der Waals surface area contributed by atoms with E-state index in [1.165, 1.54) is 6.07 Å². The van der Waals surface area contributed by atoms with Crippen molar-refractivity contribution in [3.8, 4) is 6.07 Å². The van der Waals surface area contributed by atoms with Crippen LogP contribution in [0.5, 0.6) is 0 Å². The van der Waals surface area contributed by atoms with Crippen LogP contribution in [0.4, 0.5) is 30.4 Å². The minimum Gasteiger partial charge on any atom is -0.386 e. The zero-order chi connectivity index (χ0) is 22.8. The summed E-state index contributed by atoms with van der Waals surface area (Å²) < 4.78 is 39.2. The van der Waals surface area contributed by atoms with Crippen molar-refractivity contribution in [3.63, 3.8) is 0 Å². The van der Waals surface area contributed by atoms with E-state index in [2.05, 4.69) is 32.2 Å². The Bertz CT molecular complexity index is 1140. The molecule has 162 valence electrons. The van der Waals surface area contributed by atoms with Gasteiger partial charge in [0.2, 0.25) is 0 Å². The summed E-state index contributed by atoms with van der Waals surface area (Å²) in [7, 11) is 1.78. The van der Waals surface area contributed by atoms with Gasteiger partial charge in [0.1, 0.15) is 6.04 Å². The maximum absolute atomic E-state index is 13.1. The third kappa shape index (κ3) is 4.79.